The largest absolute Gasteiger partial charge is 0.444 e. The van der Waals surface area contributed by atoms with Gasteiger partial charge < -0.3 is 9.64 Å². The van der Waals surface area contributed by atoms with Crippen LogP contribution in [-0.2, 0) is 24.9 Å². The number of thioether (sulfide) groups is 1. The second-order valence-corrected chi connectivity index (χ2v) is 15.2. The Labute approximate surface area is 215 Å². The second-order valence-electron chi connectivity index (χ2n) is 12.1. The zero-order valence-corrected chi connectivity index (χ0v) is 24.4. The number of rotatable bonds is 4. The lowest BCUT2D eigenvalue weighted by Crippen LogP contribution is -2.48. The first kappa shape index (κ1) is 28.5. The van der Waals surface area contributed by atoms with E-state index in [2.05, 4.69) is 4.90 Å². The van der Waals surface area contributed by atoms with Crippen molar-refractivity contribution in [2.45, 2.75) is 91.7 Å². The van der Waals surface area contributed by atoms with E-state index in [9.17, 15) is 9.36 Å². The molecule has 1 amide bonds. The van der Waals surface area contributed by atoms with Gasteiger partial charge in [-0.3, -0.25) is 18.5 Å². The summed E-state index contributed by atoms with van der Waals surface area (Å²) in [6.45, 7) is 19.4. The summed E-state index contributed by atoms with van der Waals surface area (Å²) < 4.78 is 31.9. The van der Waals surface area contributed by atoms with Gasteiger partial charge in [0.1, 0.15) is 5.60 Å². The third kappa shape index (κ3) is 7.93. The van der Waals surface area contributed by atoms with Crippen molar-refractivity contribution in [1.29, 1.82) is 0 Å². The third-order valence-electron chi connectivity index (χ3n) is 5.27. The molecule has 1 aromatic heterocycles. The van der Waals surface area contributed by atoms with Crippen LogP contribution >= 0.6 is 19.4 Å². The number of carbonyl (C=O) groups excluding carboxylic acids is 1. The molecule has 0 aromatic carbocycles. The molecule has 1 aromatic rings. The Bertz CT molecular complexity index is 941. The van der Waals surface area contributed by atoms with Gasteiger partial charge in [0.05, 0.1) is 29.5 Å². The fraction of sp³-hybridized carbons (Fsp3) is 0.760. The lowest BCUT2D eigenvalue weighted by molar-refractivity contribution is 0.0134. The molecule has 2 aliphatic heterocycles. The fourth-order valence-corrected chi connectivity index (χ4v) is 7.19. The predicted octanol–water partition coefficient (Wildman–Crippen LogP) is 5.37. The number of aromatic nitrogens is 1. The van der Waals surface area contributed by atoms with Crippen molar-refractivity contribution < 1.29 is 23.1 Å². The van der Waals surface area contributed by atoms with Crippen molar-refractivity contribution in [3.63, 3.8) is 0 Å². The topological polar surface area (TPSA) is 81.2 Å². The van der Waals surface area contributed by atoms with E-state index >= 15 is 0 Å². The summed E-state index contributed by atoms with van der Waals surface area (Å²) in [5.41, 5.74) is 0.127. The third-order valence-corrected chi connectivity index (χ3v) is 8.60. The number of fused-ring (bicyclic) bond motifs is 1. The predicted molar refractivity (Wildman–Crippen MR) is 141 cm³/mol. The Morgan fingerprint density at radius 1 is 0.971 bits per heavy atom. The quantitative estimate of drug-likeness (QED) is 0.484. The molecular formula is C25H42N3O5PS. The maximum atomic E-state index is 14.1. The van der Waals surface area contributed by atoms with Crippen LogP contribution in [0, 0.1) is 0 Å². The number of nitrogens with zero attached hydrogens (tertiary/aromatic N) is 3. The molecule has 0 spiro atoms. The van der Waals surface area contributed by atoms with Crippen LogP contribution in [0.25, 0.3) is 0 Å². The Hall–Kier alpha value is -1.12. The van der Waals surface area contributed by atoms with E-state index in [1.807, 2.05) is 80.1 Å². The van der Waals surface area contributed by atoms with Crippen molar-refractivity contribution in [2.24, 2.45) is 0 Å². The van der Waals surface area contributed by atoms with Crippen molar-refractivity contribution in [3.05, 3.63) is 23.4 Å². The average molecular weight is 528 g/mol. The number of amides is 1. The van der Waals surface area contributed by atoms with Gasteiger partial charge in [0.25, 0.3) is 0 Å². The number of carbonyl (C=O) groups is 1. The molecule has 0 radical (unpaired) electrons. The molecule has 1 atom stereocenters. The SMILES string of the molecule is CC(C)(C)OC(=O)N1Cc2ccc(P(=O)(OC(C)(C)C)OC(C)(C)C)nc2C(N2CCSCC2)C1. The molecule has 0 saturated carbocycles. The summed E-state index contributed by atoms with van der Waals surface area (Å²) >= 11 is 1.93. The first-order valence-electron chi connectivity index (χ1n) is 12.3. The molecule has 198 valence electrons. The highest BCUT2D eigenvalue weighted by Gasteiger charge is 2.41. The molecule has 10 heteroatoms. The summed E-state index contributed by atoms with van der Waals surface area (Å²) in [7, 11) is -3.73. The van der Waals surface area contributed by atoms with Crippen molar-refractivity contribution in [1.82, 2.24) is 14.8 Å². The monoisotopic (exact) mass is 527 g/mol. The molecular weight excluding hydrogens is 485 g/mol. The van der Waals surface area contributed by atoms with E-state index in [0.717, 1.165) is 35.9 Å². The van der Waals surface area contributed by atoms with E-state index in [-0.39, 0.29) is 12.1 Å². The van der Waals surface area contributed by atoms with Gasteiger partial charge in [-0.25, -0.2) is 9.78 Å². The van der Waals surface area contributed by atoms with Gasteiger partial charge in [0.15, 0.2) is 5.44 Å². The van der Waals surface area contributed by atoms with Crippen LogP contribution in [0.4, 0.5) is 4.79 Å². The molecule has 1 unspecified atom stereocenters. The van der Waals surface area contributed by atoms with Crippen molar-refractivity contribution >= 4 is 30.9 Å². The van der Waals surface area contributed by atoms with Crippen molar-refractivity contribution in [2.75, 3.05) is 31.1 Å². The van der Waals surface area contributed by atoms with Gasteiger partial charge in [0, 0.05) is 31.1 Å². The highest BCUT2D eigenvalue weighted by molar-refractivity contribution is 7.99. The Kier molecular flexibility index (Phi) is 8.40. The van der Waals surface area contributed by atoms with Gasteiger partial charge in [0.2, 0.25) is 0 Å². The molecule has 2 aliphatic rings. The summed E-state index contributed by atoms with van der Waals surface area (Å²) in [5, 5.41) is 0. The molecule has 1 fully saturated rings. The smallest absolute Gasteiger partial charge is 0.410 e. The zero-order chi connectivity index (χ0) is 26.2. The zero-order valence-electron chi connectivity index (χ0n) is 22.7. The maximum Gasteiger partial charge on any atom is 0.410 e. The molecule has 8 nitrogen and oxygen atoms in total. The molecule has 3 rings (SSSR count). The highest BCUT2D eigenvalue weighted by Crippen LogP contribution is 2.53. The molecule has 0 aliphatic carbocycles. The van der Waals surface area contributed by atoms with E-state index < -0.39 is 24.4 Å². The number of hydrogen-bond acceptors (Lipinski definition) is 8. The Morgan fingerprint density at radius 3 is 2.06 bits per heavy atom. The number of ether oxygens (including phenoxy) is 1. The van der Waals surface area contributed by atoms with Crippen LogP contribution < -0.4 is 5.44 Å². The van der Waals surface area contributed by atoms with Gasteiger partial charge in [-0.15, -0.1) is 0 Å². The maximum absolute atomic E-state index is 14.1. The lowest BCUT2D eigenvalue weighted by atomic mass is 10.00. The summed E-state index contributed by atoms with van der Waals surface area (Å²) in [5.74, 6) is 2.05. The number of pyridine rings is 1. The average Bonchev–Trinajstić information content (AvgIpc) is 2.69. The van der Waals surface area contributed by atoms with Crippen LogP contribution in [-0.4, -0.2) is 68.8 Å². The van der Waals surface area contributed by atoms with E-state index in [1.165, 1.54) is 0 Å². The molecule has 0 bridgehead atoms. The highest BCUT2D eigenvalue weighted by atomic mass is 32.2. The van der Waals surface area contributed by atoms with Gasteiger partial charge in [-0.2, -0.15) is 11.8 Å². The van der Waals surface area contributed by atoms with Crippen LogP contribution in [0.3, 0.4) is 0 Å². The van der Waals surface area contributed by atoms with Crippen LogP contribution in [0.2, 0.25) is 0 Å². The van der Waals surface area contributed by atoms with Crippen LogP contribution in [0.5, 0.6) is 0 Å². The first-order valence-corrected chi connectivity index (χ1v) is 15.0. The van der Waals surface area contributed by atoms with Crippen LogP contribution in [0.15, 0.2) is 12.1 Å². The normalized spacial score (nSPS) is 20.5. The van der Waals surface area contributed by atoms with Gasteiger partial charge in [-0.1, -0.05) is 6.07 Å². The molecule has 0 N–H and O–H groups in total. The lowest BCUT2D eigenvalue weighted by Gasteiger charge is -2.41. The minimum Gasteiger partial charge on any atom is -0.444 e. The van der Waals surface area contributed by atoms with Crippen molar-refractivity contribution in [3.8, 4) is 0 Å². The van der Waals surface area contributed by atoms with E-state index in [0.29, 0.717) is 18.5 Å². The second kappa shape index (κ2) is 10.3. The fourth-order valence-electron chi connectivity index (χ4n) is 4.11. The molecule has 3 heterocycles. The van der Waals surface area contributed by atoms with Gasteiger partial charge >= 0.3 is 13.7 Å². The standard InChI is InChI=1S/C25H42N3O5PS/c1-23(2,3)31-22(29)28-16-18-10-11-20(34(30,32-24(4,5)6)33-25(7,8)9)26-21(18)19(17-28)27-12-14-35-15-13-27/h10-11,19H,12-17H2,1-9H3. The molecule has 35 heavy (non-hydrogen) atoms. The Balaban J connectivity index is 2.03. The minimum atomic E-state index is -3.73. The summed E-state index contributed by atoms with van der Waals surface area (Å²) in [4.78, 5) is 22.0. The summed E-state index contributed by atoms with van der Waals surface area (Å²) in [6.07, 6.45) is -0.332. The number of hydrogen-bond donors (Lipinski definition) is 0. The minimum absolute atomic E-state index is 0.121. The van der Waals surface area contributed by atoms with Gasteiger partial charge in [-0.05, 0) is 73.9 Å². The van der Waals surface area contributed by atoms with Crippen LogP contribution in [0.1, 0.15) is 79.6 Å². The van der Waals surface area contributed by atoms with E-state index in [4.69, 9.17) is 18.8 Å². The Morgan fingerprint density at radius 2 is 1.54 bits per heavy atom. The summed E-state index contributed by atoms with van der Waals surface area (Å²) in [6, 6.07) is 3.51. The molecule has 1 saturated heterocycles. The first-order chi connectivity index (χ1) is 16.0. The van der Waals surface area contributed by atoms with E-state index in [1.54, 1.807) is 11.0 Å².